The molecule has 0 aromatic carbocycles. The molecule has 1 atom stereocenters. The zero-order chi connectivity index (χ0) is 15.8. The molecule has 4 nitrogen and oxygen atoms in total. The van der Waals surface area contributed by atoms with Crippen molar-refractivity contribution in [2.75, 3.05) is 7.05 Å². The third-order valence-electron chi connectivity index (χ3n) is 4.09. The summed E-state index contributed by atoms with van der Waals surface area (Å²) in [5, 5.41) is 0. The molecule has 1 fully saturated rings. The Kier molecular flexibility index (Phi) is 5.06. The second-order valence-corrected chi connectivity index (χ2v) is 8.70. The second kappa shape index (κ2) is 6.31. The molecule has 21 heavy (non-hydrogen) atoms. The summed E-state index contributed by atoms with van der Waals surface area (Å²) >= 11 is 5.95. The largest absolute Gasteiger partial charge is 0.346 e. The second-order valence-electron chi connectivity index (χ2n) is 6.44. The molecular weight excluding hydrogens is 308 g/mol. The molecule has 1 aliphatic carbocycles. The maximum absolute atomic E-state index is 12.7. The number of nitrogens with zero attached hydrogens (tertiary/aromatic N) is 2. The zero-order valence-electron chi connectivity index (χ0n) is 13.2. The molecule has 6 heteroatoms. The normalized spacial score (nSPS) is 17.7. The van der Waals surface area contributed by atoms with Crippen LogP contribution in [0.3, 0.4) is 0 Å². The Morgan fingerprint density at radius 1 is 1.38 bits per heavy atom. The molecule has 120 valence electrons. The van der Waals surface area contributed by atoms with E-state index in [1.54, 1.807) is 19.3 Å². The van der Waals surface area contributed by atoms with Crippen molar-refractivity contribution in [1.82, 2.24) is 8.87 Å². The summed E-state index contributed by atoms with van der Waals surface area (Å²) in [4.78, 5) is 0.364. The van der Waals surface area contributed by atoms with Gasteiger partial charge in [-0.2, -0.15) is 4.31 Å². The number of sulfonamides is 1. The molecule has 0 aliphatic heterocycles. The molecule has 2 rings (SSSR count). The fourth-order valence-corrected chi connectivity index (χ4v) is 4.31. The third-order valence-corrected chi connectivity index (χ3v) is 6.31. The Hall–Kier alpha value is -0.520. The minimum Gasteiger partial charge on any atom is -0.346 e. The summed E-state index contributed by atoms with van der Waals surface area (Å²) in [6.07, 6.45) is 4.82. The van der Waals surface area contributed by atoms with Crippen LogP contribution in [0.15, 0.2) is 17.2 Å². The van der Waals surface area contributed by atoms with E-state index in [4.69, 9.17) is 11.6 Å². The van der Waals surface area contributed by atoms with Gasteiger partial charge in [0.05, 0.1) is 5.88 Å². The van der Waals surface area contributed by atoms with E-state index in [-0.39, 0.29) is 6.04 Å². The molecule has 0 spiro atoms. The van der Waals surface area contributed by atoms with E-state index in [2.05, 4.69) is 13.8 Å². The Balaban J connectivity index is 2.26. The first-order chi connectivity index (χ1) is 9.77. The Bertz CT molecular complexity index is 591. The third kappa shape index (κ3) is 3.63. The van der Waals surface area contributed by atoms with Gasteiger partial charge in [0.1, 0.15) is 4.90 Å². The van der Waals surface area contributed by atoms with Gasteiger partial charge >= 0.3 is 0 Å². The van der Waals surface area contributed by atoms with E-state index < -0.39 is 10.0 Å². The quantitative estimate of drug-likeness (QED) is 0.716. The van der Waals surface area contributed by atoms with Gasteiger partial charge in [0.15, 0.2) is 0 Å². The molecule has 1 aromatic heterocycles. The molecule has 0 radical (unpaired) electrons. The summed E-state index contributed by atoms with van der Waals surface area (Å²) < 4.78 is 29.0. The van der Waals surface area contributed by atoms with Crippen LogP contribution in [0.1, 0.15) is 51.8 Å². The molecule has 1 saturated carbocycles. The standard InChI is InChI=1S/C15H25ClN2O2S/c1-11(2)7-12(3)17(4)21(19,20)15-8-14(9-16)18(10-15)13-5-6-13/h8,10-13H,5-7,9H2,1-4H3. The molecule has 0 amide bonds. The molecule has 1 heterocycles. The van der Waals surface area contributed by atoms with Crippen LogP contribution in [0.5, 0.6) is 0 Å². The van der Waals surface area contributed by atoms with Gasteiger partial charge in [-0.15, -0.1) is 11.6 Å². The predicted molar refractivity (Wildman–Crippen MR) is 86.1 cm³/mol. The summed E-state index contributed by atoms with van der Waals surface area (Å²) in [6.45, 7) is 6.16. The lowest BCUT2D eigenvalue weighted by atomic mass is 10.1. The molecule has 0 bridgehead atoms. The first-order valence-electron chi connectivity index (χ1n) is 7.52. The first kappa shape index (κ1) is 16.8. The number of aromatic nitrogens is 1. The van der Waals surface area contributed by atoms with Crippen LogP contribution in [-0.2, 0) is 15.9 Å². The van der Waals surface area contributed by atoms with Crippen LogP contribution in [0.25, 0.3) is 0 Å². The van der Waals surface area contributed by atoms with E-state index in [9.17, 15) is 8.42 Å². The summed E-state index contributed by atoms with van der Waals surface area (Å²) in [5.74, 6) is 0.809. The number of halogens is 1. The van der Waals surface area contributed by atoms with Gasteiger partial charge in [0.25, 0.3) is 0 Å². The lowest BCUT2D eigenvalue weighted by molar-refractivity contribution is 0.338. The Morgan fingerprint density at radius 2 is 2.00 bits per heavy atom. The molecule has 0 saturated heterocycles. The van der Waals surface area contributed by atoms with Crippen molar-refractivity contribution in [3.8, 4) is 0 Å². The van der Waals surface area contributed by atoms with Gasteiger partial charge in [-0.05, 0) is 38.2 Å². The highest BCUT2D eigenvalue weighted by atomic mass is 35.5. The van der Waals surface area contributed by atoms with Gasteiger partial charge in [0.2, 0.25) is 10.0 Å². The van der Waals surface area contributed by atoms with E-state index in [0.717, 1.165) is 25.0 Å². The highest BCUT2D eigenvalue weighted by Gasteiger charge is 2.31. The minimum absolute atomic E-state index is 0.0151. The lowest BCUT2D eigenvalue weighted by Crippen LogP contribution is -2.35. The van der Waals surface area contributed by atoms with Gasteiger partial charge in [-0.25, -0.2) is 8.42 Å². The van der Waals surface area contributed by atoms with Crippen molar-refractivity contribution in [3.63, 3.8) is 0 Å². The number of hydrogen-bond acceptors (Lipinski definition) is 2. The first-order valence-corrected chi connectivity index (χ1v) is 9.49. The summed E-state index contributed by atoms with van der Waals surface area (Å²) in [7, 11) is -1.78. The lowest BCUT2D eigenvalue weighted by Gasteiger charge is -2.25. The predicted octanol–water partition coefficient (Wildman–Crippen LogP) is 3.62. The van der Waals surface area contributed by atoms with Gasteiger partial charge < -0.3 is 4.57 Å². The van der Waals surface area contributed by atoms with Crippen LogP contribution in [0.2, 0.25) is 0 Å². The van der Waals surface area contributed by atoms with E-state index in [0.29, 0.717) is 22.7 Å². The molecular formula is C15H25ClN2O2S. The number of rotatable bonds is 7. The van der Waals surface area contributed by atoms with Gasteiger partial charge in [-0.1, -0.05) is 13.8 Å². The Labute approximate surface area is 133 Å². The van der Waals surface area contributed by atoms with E-state index >= 15 is 0 Å². The highest BCUT2D eigenvalue weighted by Crippen LogP contribution is 2.38. The fraction of sp³-hybridized carbons (Fsp3) is 0.733. The van der Waals surface area contributed by atoms with E-state index in [1.807, 2.05) is 11.5 Å². The smallest absolute Gasteiger partial charge is 0.244 e. The van der Waals surface area contributed by atoms with Crippen molar-refractivity contribution in [3.05, 3.63) is 18.0 Å². The Morgan fingerprint density at radius 3 is 2.48 bits per heavy atom. The SMILES string of the molecule is CC(C)CC(C)N(C)S(=O)(=O)c1cc(CCl)n(C2CC2)c1. The average Bonchev–Trinajstić information content (AvgIpc) is 3.15. The maximum Gasteiger partial charge on any atom is 0.244 e. The topological polar surface area (TPSA) is 42.3 Å². The van der Waals surface area contributed by atoms with Crippen LogP contribution in [0, 0.1) is 5.92 Å². The van der Waals surface area contributed by atoms with Crippen LogP contribution in [-0.4, -0.2) is 30.4 Å². The van der Waals surface area contributed by atoms with Crippen LogP contribution >= 0.6 is 11.6 Å². The summed E-state index contributed by atoms with van der Waals surface area (Å²) in [6, 6.07) is 2.14. The zero-order valence-corrected chi connectivity index (χ0v) is 14.8. The minimum atomic E-state index is -3.45. The summed E-state index contributed by atoms with van der Waals surface area (Å²) in [5.41, 5.74) is 0.891. The highest BCUT2D eigenvalue weighted by molar-refractivity contribution is 7.89. The monoisotopic (exact) mass is 332 g/mol. The number of alkyl halides is 1. The van der Waals surface area contributed by atoms with Crippen LogP contribution < -0.4 is 0 Å². The molecule has 0 N–H and O–H groups in total. The van der Waals surface area contributed by atoms with Crippen LogP contribution in [0.4, 0.5) is 0 Å². The molecule has 1 unspecified atom stereocenters. The molecule has 1 aromatic rings. The van der Waals surface area contributed by atoms with Crippen molar-refractivity contribution < 1.29 is 8.42 Å². The van der Waals surface area contributed by atoms with Crippen molar-refractivity contribution in [2.24, 2.45) is 5.92 Å². The van der Waals surface area contributed by atoms with Crippen molar-refractivity contribution >= 4 is 21.6 Å². The average molecular weight is 333 g/mol. The maximum atomic E-state index is 12.7. The fourth-order valence-electron chi connectivity index (χ4n) is 2.67. The number of hydrogen-bond donors (Lipinski definition) is 0. The van der Waals surface area contributed by atoms with Gasteiger partial charge in [0, 0.05) is 31.0 Å². The van der Waals surface area contributed by atoms with Gasteiger partial charge in [-0.3, -0.25) is 0 Å². The van der Waals surface area contributed by atoms with Crippen molar-refractivity contribution in [2.45, 2.75) is 62.9 Å². The van der Waals surface area contributed by atoms with E-state index in [1.165, 1.54) is 4.31 Å². The molecule has 1 aliphatic rings. The van der Waals surface area contributed by atoms with Crippen molar-refractivity contribution in [1.29, 1.82) is 0 Å².